The third kappa shape index (κ3) is 5.00. The number of hydrogen-bond acceptors (Lipinski definition) is 5. The van der Waals surface area contributed by atoms with Gasteiger partial charge in [-0.25, -0.2) is 0 Å². The van der Waals surface area contributed by atoms with Gasteiger partial charge in [-0.15, -0.1) is 10.2 Å². The Morgan fingerprint density at radius 2 is 1.77 bits per heavy atom. The molecule has 0 spiro atoms. The van der Waals surface area contributed by atoms with E-state index in [0.29, 0.717) is 17.5 Å². The standard InChI is InChI=1S/C24H23N5OS/c1-17-9-8-13-20(18(17)2)26-22(30)16-31-24-28-27-23(21-12-6-7-14-25-21)29(24)15-19-10-4-3-5-11-19/h3-14H,15-16H2,1-2H3,(H,26,30). The van der Waals surface area contributed by atoms with Gasteiger partial charge < -0.3 is 5.32 Å². The highest BCUT2D eigenvalue weighted by Gasteiger charge is 2.17. The maximum Gasteiger partial charge on any atom is 0.234 e. The van der Waals surface area contributed by atoms with Crippen LogP contribution < -0.4 is 5.32 Å². The van der Waals surface area contributed by atoms with Gasteiger partial charge in [-0.05, 0) is 48.7 Å². The Balaban J connectivity index is 1.54. The second-order valence-corrected chi connectivity index (χ2v) is 8.12. The predicted molar refractivity (Wildman–Crippen MR) is 124 cm³/mol. The van der Waals surface area contributed by atoms with Crippen molar-refractivity contribution < 1.29 is 4.79 Å². The van der Waals surface area contributed by atoms with E-state index in [2.05, 4.69) is 32.6 Å². The van der Waals surface area contributed by atoms with E-state index in [1.807, 2.05) is 73.0 Å². The number of carbonyl (C=O) groups is 1. The van der Waals surface area contributed by atoms with E-state index in [0.717, 1.165) is 28.1 Å². The van der Waals surface area contributed by atoms with E-state index in [4.69, 9.17) is 0 Å². The highest BCUT2D eigenvalue weighted by atomic mass is 32.2. The molecule has 1 amide bonds. The first-order valence-electron chi connectivity index (χ1n) is 9.99. The van der Waals surface area contributed by atoms with Crippen LogP contribution in [0.4, 0.5) is 5.69 Å². The minimum Gasteiger partial charge on any atom is -0.325 e. The smallest absolute Gasteiger partial charge is 0.234 e. The van der Waals surface area contributed by atoms with Crippen molar-refractivity contribution in [2.75, 3.05) is 11.1 Å². The molecule has 0 saturated carbocycles. The van der Waals surface area contributed by atoms with Crippen molar-refractivity contribution >= 4 is 23.4 Å². The molecular weight excluding hydrogens is 406 g/mol. The van der Waals surface area contributed by atoms with Crippen molar-refractivity contribution in [3.8, 4) is 11.5 Å². The van der Waals surface area contributed by atoms with Crippen LogP contribution >= 0.6 is 11.8 Å². The average Bonchev–Trinajstić information content (AvgIpc) is 3.19. The summed E-state index contributed by atoms with van der Waals surface area (Å²) in [5.41, 5.74) is 4.93. The minimum absolute atomic E-state index is 0.0765. The van der Waals surface area contributed by atoms with Gasteiger partial charge in [0.15, 0.2) is 11.0 Å². The fraction of sp³-hybridized carbons (Fsp3) is 0.167. The van der Waals surface area contributed by atoms with E-state index < -0.39 is 0 Å². The molecule has 4 rings (SSSR count). The monoisotopic (exact) mass is 429 g/mol. The summed E-state index contributed by atoms with van der Waals surface area (Å²) in [7, 11) is 0. The van der Waals surface area contributed by atoms with Crippen molar-refractivity contribution in [2.45, 2.75) is 25.5 Å². The van der Waals surface area contributed by atoms with E-state index in [1.54, 1.807) is 6.20 Å². The molecule has 0 aliphatic rings. The SMILES string of the molecule is Cc1cccc(NC(=O)CSc2nnc(-c3ccccn3)n2Cc2ccccc2)c1C. The Labute approximate surface area is 185 Å². The number of nitrogens with zero attached hydrogens (tertiary/aromatic N) is 4. The first-order chi connectivity index (χ1) is 15.1. The third-order valence-electron chi connectivity index (χ3n) is 5.01. The Kier molecular flexibility index (Phi) is 6.43. The average molecular weight is 430 g/mol. The fourth-order valence-corrected chi connectivity index (χ4v) is 3.93. The molecule has 31 heavy (non-hydrogen) atoms. The van der Waals surface area contributed by atoms with Crippen LogP contribution in [0.5, 0.6) is 0 Å². The third-order valence-corrected chi connectivity index (χ3v) is 5.97. The highest BCUT2D eigenvalue weighted by Crippen LogP contribution is 2.25. The Morgan fingerprint density at radius 3 is 2.55 bits per heavy atom. The molecule has 2 heterocycles. The number of hydrogen-bond donors (Lipinski definition) is 1. The molecule has 0 aliphatic carbocycles. The van der Waals surface area contributed by atoms with Gasteiger partial charge in [-0.1, -0.05) is 60.3 Å². The van der Waals surface area contributed by atoms with Crippen molar-refractivity contribution in [1.29, 1.82) is 0 Å². The summed E-state index contributed by atoms with van der Waals surface area (Å²) in [6.45, 7) is 4.64. The van der Waals surface area contributed by atoms with Gasteiger partial charge in [-0.2, -0.15) is 0 Å². The fourth-order valence-electron chi connectivity index (χ4n) is 3.19. The molecule has 0 atom stereocenters. The van der Waals surface area contributed by atoms with Gasteiger partial charge in [0.1, 0.15) is 5.69 Å². The van der Waals surface area contributed by atoms with Crippen LogP contribution in [-0.2, 0) is 11.3 Å². The molecule has 4 aromatic rings. The number of aryl methyl sites for hydroxylation is 1. The zero-order chi connectivity index (χ0) is 21.6. The number of carbonyl (C=O) groups excluding carboxylic acids is 1. The summed E-state index contributed by atoms with van der Waals surface area (Å²) in [5.74, 6) is 0.844. The summed E-state index contributed by atoms with van der Waals surface area (Å²) < 4.78 is 2.01. The van der Waals surface area contributed by atoms with Crippen LogP contribution in [0.1, 0.15) is 16.7 Å². The quantitative estimate of drug-likeness (QED) is 0.430. The van der Waals surface area contributed by atoms with Crippen LogP contribution in [0, 0.1) is 13.8 Å². The number of rotatable bonds is 7. The van der Waals surface area contributed by atoms with Gasteiger partial charge in [0.2, 0.25) is 5.91 Å². The lowest BCUT2D eigenvalue weighted by molar-refractivity contribution is -0.113. The lowest BCUT2D eigenvalue weighted by Crippen LogP contribution is -2.16. The number of benzene rings is 2. The lowest BCUT2D eigenvalue weighted by Gasteiger charge is -2.11. The molecule has 0 aliphatic heterocycles. The first kappa shape index (κ1) is 20.8. The number of nitrogens with one attached hydrogen (secondary N) is 1. The number of thioether (sulfide) groups is 1. The summed E-state index contributed by atoms with van der Waals surface area (Å²) in [4.78, 5) is 17.0. The molecule has 0 saturated heterocycles. The maximum atomic E-state index is 12.6. The summed E-state index contributed by atoms with van der Waals surface area (Å²) in [6.07, 6.45) is 1.74. The number of amides is 1. The molecule has 2 aromatic carbocycles. The van der Waals surface area contributed by atoms with Crippen LogP contribution in [0.2, 0.25) is 0 Å². The van der Waals surface area contributed by atoms with Gasteiger partial charge >= 0.3 is 0 Å². The molecule has 7 heteroatoms. The second-order valence-electron chi connectivity index (χ2n) is 7.18. The summed E-state index contributed by atoms with van der Waals surface area (Å²) >= 11 is 1.37. The normalized spacial score (nSPS) is 10.8. The van der Waals surface area contributed by atoms with Crippen molar-refractivity contribution in [3.63, 3.8) is 0 Å². The Morgan fingerprint density at radius 1 is 0.968 bits per heavy atom. The summed E-state index contributed by atoms with van der Waals surface area (Å²) in [6, 6.07) is 21.7. The van der Waals surface area contributed by atoms with E-state index >= 15 is 0 Å². The predicted octanol–water partition coefficient (Wildman–Crippen LogP) is 4.74. The molecule has 1 N–H and O–H groups in total. The topological polar surface area (TPSA) is 72.7 Å². The second kappa shape index (κ2) is 9.57. The van der Waals surface area contributed by atoms with E-state index in [-0.39, 0.29) is 11.7 Å². The van der Waals surface area contributed by atoms with Gasteiger partial charge in [0.05, 0.1) is 12.3 Å². The zero-order valence-electron chi connectivity index (χ0n) is 17.4. The maximum absolute atomic E-state index is 12.6. The first-order valence-corrected chi connectivity index (χ1v) is 11.0. The lowest BCUT2D eigenvalue weighted by atomic mass is 10.1. The van der Waals surface area contributed by atoms with Crippen molar-refractivity contribution in [1.82, 2.24) is 19.7 Å². The van der Waals surface area contributed by atoms with Crippen molar-refractivity contribution in [2.24, 2.45) is 0 Å². The van der Waals surface area contributed by atoms with Crippen LogP contribution in [-0.4, -0.2) is 31.4 Å². The van der Waals surface area contributed by atoms with Crippen LogP contribution in [0.15, 0.2) is 78.1 Å². The Hall–Kier alpha value is -3.45. The molecule has 0 fully saturated rings. The van der Waals surface area contributed by atoms with Crippen molar-refractivity contribution in [3.05, 3.63) is 89.6 Å². The molecule has 0 bridgehead atoms. The van der Waals surface area contributed by atoms with E-state index in [1.165, 1.54) is 11.8 Å². The largest absolute Gasteiger partial charge is 0.325 e. The van der Waals surface area contributed by atoms with E-state index in [9.17, 15) is 4.79 Å². The van der Waals surface area contributed by atoms with Crippen LogP contribution in [0.25, 0.3) is 11.5 Å². The highest BCUT2D eigenvalue weighted by molar-refractivity contribution is 7.99. The summed E-state index contributed by atoms with van der Waals surface area (Å²) in [5, 5.41) is 12.4. The minimum atomic E-state index is -0.0765. The molecule has 0 radical (unpaired) electrons. The van der Waals surface area contributed by atoms with Gasteiger partial charge in [0.25, 0.3) is 0 Å². The molecular formula is C24H23N5OS. The number of aromatic nitrogens is 4. The molecule has 2 aromatic heterocycles. The van der Waals surface area contributed by atoms with Gasteiger partial charge in [0, 0.05) is 11.9 Å². The van der Waals surface area contributed by atoms with Crippen LogP contribution in [0.3, 0.4) is 0 Å². The number of pyridine rings is 1. The zero-order valence-corrected chi connectivity index (χ0v) is 18.3. The Bertz CT molecular complexity index is 1180. The molecule has 0 unspecified atom stereocenters. The molecule has 156 valence electrons. The molecule has 6 nitrogen and oxygen atoms in total. The van der Waals surface area contributed by atoms with Gasteiger partial charge in [-0.3, -0.25) is 14.3 Å². The number of anilines is 1.